The Morgan fingerprint density at radius 1 is 0.391 bits per heavy atom. The summed E-state index contributed by atoms with van der Waals surface area (Å²) in [6.45, 7) is 4.89. The number of amides is 1. The third-order valence-electron chi connectivity index (χ3n) is 14.1. The van der Waals surface area contributed by atoms with Gasteiger partial charge in [-0.1, -0.05) is 269 Å². The highest BCUT2D eigenvalue weighted by molar-refractivity contribution is 5.76. The first-order valence-electron chi connectivity index (χ1n) is 30.8. The molecular formula is C63H119NO5. The zero-order chi connectivity index (χ0) is 50.0. The van der Waals surface area contributed by atoms with Gasteiger partial charge in [0.25, 0.3) is 0 Å². The number of unbranched alkanes of at least 4 members (excludes halogenated alkanes) is 42. The van der Waals surface area contributed by atoms with Crippen LogP contribution in [0.2, 0.25) is 0 Å². The molecule has 69 heavy (non-hydrogen) atoms. The molecule has 0 saturated carbocycles. The van der Waals surface area contributed by atoms with Crippen LogP contribution < -0.4 is 5.32 Å². The maximum absolute atomic E-state index is 12.5. The van der Waals surface area contributed by atoms with Gasteiger partial charge in [0.2, 0.25) is 5.91 Å². The van der Waals surface area contributed by atoms with Gasteiger partial charge in [-0.05, 0) is 83.5 Å². The monoisotopic (exact) mass is 970 g/mol. The quantitative estimate of drug-likeness (QED) is 0.0321. The summed E-state index contributed by atoms with van der Waals surface area (Å²) in [6.07, 6.45) is 73.2. The maximum Gasteiger partial charge on any atom is 0.305 e. The number of allylic oxidation sites excluding steroid dienone is 5. The topological polar surface area (TPSA) is 95.9 Å². The predicted molar refractivity (Wildman–Crippen MR) is 301 cm³/mol. The van der Waals surface area contributed by atoms with Crippen molar-refractivity contribution < 1.29 is 24.5 Å². The van der Waals surface area contributed by atoms with E-state index >= 15 is 0 Å². The molecule has 0 aliphatic carbocycles. The summed E-state index contributed by atoms with van der Waals surface area (Å²) in [5.74, 6) is -0.0758. The molecule has 0 fully saturated rings. The van der Waals surface area contributed by atoms with Gasteiger partial charge >= 0.3 is 5.97 Å². The molecule has 0 aliphatic heterocycles. The lowest BCUT2D eigenvalue weighted by Crippen LogP contribution is -2.45. The Hall–Kier alpha value is -1.92. The molecule has 0 aromatic carbocycles. The molecule has 0 heterocycles. The van der Waals surface area contributed by atoms with Gasteiger partial charge in [0.15, 0.2) is 0 Å². The minimum absolute atomic E-state index is 0.00169. The molecule has 1 amide bonds. The van der Waals surface area contributed by atoms with Crippen LogP contribution in [0.15, 0.2) is 36.5 Å². The van der Waals surface area contributed by atoms with E-state index < -0.39 is 12.1 Å². The molecule has 6 heteroatoms. The van der Waals surface area contributed by atoms with Crippen LogP contribution in [0.4, 0.5) is 0 Å². The molecule has 0 aromatic rings. The first-order chi connectivity index (χ1) is 34.0. The Morgan fingerprint density at radius 3 is 1.04 bits per heavy atom. The Balaban J connectivity index is 3.46. The van der Waals surface area contributed by atoms with Crippen molar-refractivity contribution >= 4 is 11.9 Å². The van der Waals surface area contributed by atoms with E-state index in [0.717, 1.165) is 51.4 Å². The van der Waals surface area contributed by atoms with E-state index in [4.69, 9.17) is 4.74 Å². The first kappa shape index (κ1) is 67.1. The number of carbonyl (C=O) groups excluding carboxylic acids is 2. The smallest absolute Gasteiger partial charge is 0.305 e. The van der Waals surface area contributed by atoms with Crippen molar-refractivity contribution in [3.05, 3.63) is 36.5 Å². The van der Waals surface area contributed by atoms with Gasteiger partial charge in [0.05, 0.1) is 25.4 Å². The van der Waals surface area contributed by atoms with Gasteiger partial charge in [-0.2, -0.15) is 0 Å². The lowest BCUT2D eigenvalue weighted by molar-refractivity contribution is -0.143. The highest BCUT2D eigenvalue weighted by Crippen LogP contribution is 2.17. The average Bonchev–Trinajstić information content (AvgIpc) is 3.35. The predicted octanol–water partition coefficient (Wildman–Crippen LogP) is 19.2. The van der Waals surface area contributed by atoms with E-state index in [1.165, 1.54) is 250 Å². The van der Waals surface area contributed by atoms with Crippen molar-refractivity contribution in [2.45, 2.75) is 341 Å². The number of rotatable bonds is 57. The van der Waals surface area contributed by atoms with E-state index in [-0.39, 0.29) is 18.5 Å². The number of aliphatic hydroxyl groups excluding tert-OH is 2. The van der Waals surface area contributed by atoms with Crippen LogP contribution in [0, 0.1) is 0 Å². The fourth-order valence-electron chi connectivity index (χ4n) is 9.39. The molecule has 406 valence electrons. The highest BCUT2D eigenvalue weighted by Gasteiger charge is 2.18. The number of aliphatic hydroxyl groups is 2. The van der Waals surface area contributed by atoms with Crippen molar-refractivity contribution in [3.8, 4) is 0 Å². The zero-order valence-corrected chi connectivity index (χ0v) is 46.3. The standard InChI is InChI=1S/C63H119NO5/c1-3-5-7-9-11-13-15-17-18-19-25-28-32-35-39-43-47-51-55-61(66)60(59-65)64-62(67)56-52-48-44-40-36-33-29-26-23-21-20-22-24-27-30-34-38-42-46-50-54-58-69-63(68)57-53-49-45-41-37-31-16-14-12-10-8-6-4-2/h14,16,21,23,51,55,60-61,65-66H,3-13,15,17-20,22,24-50,52-54,56-59H2,1-2H3,(H,64,67)/b16-14-,23-21-,55-51+. The van der Waals surface area contributed by atoms with Gasteiger partial charge in [0, 0.05) is 12.8 Å². The third-order valence-corrected chi connectivity index (χ3v) is 14.1. The average molecular weight is 971 g/mol. The molecule has 0 aliphatic rings. The lowest BCUT2D eigenvalue weighted by Gasteiger charge is -2.20. The van der Waals surface area contributed by atoms with E-state index in [1.807, 2.05) is 6.08 Å². The Morgan fingerprint density at radius 2 is 0.681 bits per heavy atom. The van der Waals surface area contributed by atoms with Crippen LogP contribution in [0.5, 0.6) is 0 Å². The second-order valence-electron chi connectivity index (χ2n) is 21.0. The normalized spacial score (nSPS) is 12.8. The third kappa shape index (κ3) is 55.2. The van der Waals surface area contributed by atoms with Crippen molar-refractivity contribution in [1.82, 2.24) is 5.32 Å². The molecule has 3 N–H and O–H groups in total. The number of hydrogen-bond acceptors (Lipinski definition) is 5. The molecule has 0 radical (unpaired) electrons. The number of ether oxygens (including phenoxy) is 1. The van der Waals surface area contributed by atoms with Crippen molar-refractivity contribution in [2.75, 3.05) is 13.2 Å². The van der Waals surface area contributed by atoms with E-state index in [2.05, 4.69) is 43.5 Å². The summed E-state index contributed by atoms with van der Waals surface area (Å²) in [5.41, 5.74) is 0. The van der Waals surface area contributed by atoms with Crippen molar-refractivity contribution in [3.63, 3.8) is 0 Å². The SMILES string of the molecule is CCCCCC/C=C\CCCCCCCC(=O)OCCCCCCCCCCCC/C=C\CCCCCCCCCC(=O)NC(CO)C(O)/C=C/CCCCCCCCCCCCCCCCCC. The van der Waals surface area contributed by atoms with Crippen LogP contribution in [-0.4, -0.2) is 47.4 Å². The molecule has 2 atom stereocenters. The molecular weight excluding hydrogens is 851 g/mol. The summed E-state index contributed by atoms with van der Waals surface area (Å²) in [7, 11) is 0. The largest absolute Gasteiger partial charge is 0.466 e. The second-order valence-corrected chi connectivity index (χ2v) is 21.0. The van der Waals surface area contributed by atoms with E-state index in [0.29, 0.717) is 19.4 Å². The van der Waals surface area contributed by atoms with Gasteiger partial charge in [-0.25, -0.2) is 0 Å². The highest BCUT2D eigenvalue weighted by atomic mass is 16.5. The maximum atomic E-state index is 12.5. The van der Waals surface area contributed by atoms with Crippen molar-refractivity contribution in [2.24, 2.45) is 0 Å². The molecule has 0 saturated heterocycles. The van der Waals surface area contributed by atoms with Crippen molar-refractivity contribution in [1.29, 1.82) is 0 Å². The number of hydrogen-bond donors (Lipinski definition) is 3. The van der Waals surface area contributed by atoms with Crippen LogP contribution in [-0.2, 0) is 14.3 Å². The molecule has 0 aromatic heterocycles. The molecule has 0 rings (SSSR count). The minimum atomic E-state index is -0.850. The Labute approximate surface area is 430 Å². The fourth-order valence-corrected chi connectivity index (χ4v) is 9.39. The lowest BCUT2D eigenvalue weighted by atomic mass is 10.0. The van der Waals surface area contributed by atoms with E-state index in [9.17, 15) is 19.8 Å². The first-order valence-corrected chi connectivity index (χ1v) is 30.8. The Kier molecular flexibility index (Phi) is 57.0. The molecule has 0 spiro atoms. The van der Waals surface area contributed by atoms with Crippen LogP contribution in [0.3, 0.4) is 0 Å². The van der Waals surface area contributed by atoms with Gasteiger partial charge in [-0.3, -0.25) is 9.59 Å². The summed E-state index contributed by atoms with van der Waals surface area (Å²) >= 11 is 0. The van der Waals surface area contributed by atoms with Gasteiger partial charge in [-0.15, -0.1) is 0 Å². The Bertz CT molecular complexity index is 1120. The number of nitrogens with one attached hydrogen (secondary N) is 1. The molecule has 6 nitrogen and oxygen atoms in total. The van der Waals surface area contributed by atoms with Crippen LogP contribution in [0.25, 0.3) is 0 Å². The summed E-state index contributed by atoms with van der Waals surface area (Å²) in [6, 6.07) is -0.634. The number of esters is 1. The van der Waals surface area contributed by atoms with Crippen LogP contribution in [0.1, 0.15) is 328 Å². The van der Waals surface area contributed by atoms with Crippen LogP contribution >= 0.6 is 0 Å². The summed E-state index contributed by atoms with van der Waals surface area (Å²) in [4.78, 5) is 24.5. The minimum Gasteiger partial charge on any atom is -0.466 e. The molecule has 2 unspecified atom stereocenters. The zero-order valence-electron chi connectivity index (χ0n) is 46.3. The second kappa shape index (κ2) is 58.6. The number of carbonyl (C=O) groups is 2. The van der Waals surface area contributed by atoms with Gasteiger partial charge in [0.1, 0.15) is 0 Å². The summed E-state index contributed by atoms with van der Waals surface area (Å²) < 4.78 is 5.47. The van der Waals surface area contributed by atoms with E-state index in [1.54, 1.807) is 6.08 Å². The van der Waals surface area contributed by atoms with Gasteiger partial charge < -0.3 is 20.3 Å². The summed E-state index contributed by atoms with van der Waals surface area (Å²) in [5, 5.41) is 23.2. The molecule has 0 bridgehead atoms. The fraction of sp³-hybridized carbons (Fsp3) is 0.873.